The summed E-state index contributed by atoms with van der Waals surface area (Å²) in [4.78, 5) is 14.9. The highest BCUT2D eigenvalue weighted by Gasteiger charge is 2.26. The number of carbonyl (C=O) groups is 1. The predicted molar refractivity (Wildman–Crippen MR) is 140 cm³/mol. The molecule has 1 amide bonds. The Morgan fingerprint density at radius 3 is 2.25 bits per heavy atom. The summed E-state index contributed by atoms with van der Waals surface area (Å²) in [6, 6.07) is 18.0. The number of hydrogen-bond donors (Lipinski definition) is 1. The van der Waals surface area contributed by atoms with Crippen LogP contribution in [0, 0.1) is 0 Å². The van der Waals surface area contributed by atoms with Gasteiger partial charge in [-0.15, -0.1) is 0 Å². The third-order valence-electron chi connectivity index (χ3n) is 6.39. The van der Waals surface area contributed by atoms with Crippen molar-refractivity contribution in [2.45, 2.75) is 50.6 Å². The molecule has 0 aliphatic carbocycles. The van der Waals surface area contributed by atoms with Crippen molar-refractivity contribution in [1.29, 1.82) is 0 Å². The van der Waals surface area contributed by atoms with Crippen LogP contribution in [0.5, 0.6) is 11.5 Å². The number of hydrogen-bond acceptors (Lipinski definition) is 5. The Bertz CT molecular complexity index is 1380. The van der Waals surface area contributed by atoms with Crippen molar-refractivity contribution in [2.75, 3.05) is 18.9 Å². The maximum atomic E-state index is 13.1. The fourth-order valence-corrected chi connectivity index (χ4v) is 5.33. The summed E-state index contributed by atoms with van der Waals surface area (Å²) in [5, 5.41) is 0. The van der Waals surface area contributed by atoms with E-state index in [1.807, 2.05) is 12.1 Å². The van der Waals surface area contributed by atoms with E-state index in [2.05, 4.69) is 37.6 Å². The molecule has 3 aromatic carbocycles. The summed E-state index contributed by atoms with van der Waals surface area (Å²) >= 11 is 0. The number of anilines is 1. The Morgan fingerprint density at radius 2 is 1.61 bits per heavy atom. The molecule has 1 aliphatic rings. The first-order valence-electron chi connectivity index (χ1n) is 11.7. The van der Waals surface area contributed by atoms with Gasteiger partial charge >= 0.3 is 0 Å². The second-order valence-electron chi connectivity index (χ2n) is 9.98. The van der Waals surface area contributed by atoms with Crippen LogP contribution in [0.2, 0.25) is 0 Å². The molecule has 0 spiro atoms. The summed E-state index contributed by atoms with van der Waals surface area (Å²) in [6.07, 6.45) is 0.308. The van der Waals surface area contributed by atoms with Crippen LogP contribution in [0.3, 0.4) is 0 Å². The van der Waals surface area contributed by atoms with Crippen LogP contribution in [-0.2, 0) is 39.7 Å². The molecule has 36 heavy (non-hydrogen) atoms. The highest BCUT2D eigenvalue weighted by molar-refractivity contribution is 7.92. The molecule has 0 saturated heterocycles. The van der Waals surface area contributed by atoms with Crippen LogP contribution < -0.4 is 14.2 Å². The van der Waals surface area contributed by atoms with E-state index in [1.54, 1.807) is 41.3 Å². The highest BCUT2D eigenvalue weighted by Crippen LogP contribution is 2.32. The fraction of sp³-hybridized carbons (Fsp3) is 0.321. The Hall–Kier alpha value is -3.52. The number of ether oxygens (including phenoxy) is 2. The highest BCUT2D eigenvalue weighted by atomic mass is 32.2. The molecule has 1 aliphatic heterocycles. The molecule has 0 radical (unpaired) electrons. The first-order chi connectivity index (χ1) is 17.0. The number of carbonyl (C=O) groups excluding carboxylic acids is 1. The van der Waals surface area contributed by atoms with Crippen LogP contribution in [0.15, 0.2) is 65.6 Å². The van der Waals surface area contributed by atoms with E-state index in [0.717, 1.165) is 16.7 Å². The third kappa shape index (κ3) is 5.49. The van der Waals surface area contributed by atoms with Gasteiger partial charge in [-0.1, -0.05) is 51.1 Å². The SMILES string of the molecule is COc1ccc(NS(=O)(=O)c2ccc3c(c2)CN(C(=O)Cc2ccc(C(C)(C)C)cc2)C3)c(OC)c1. The molecule has 0 fully saturated rings. The molecule has 8 heteroatoms. The van der Waals surface area contributed by atoms with Crippen molar-refractivity contribution in [1.82, 2.24) is 4.90 Å². The maximum Gasteiger partial charge on any atom is 0.262 e. The van der Waals surface area contributed by atoms with E-state index in [-0.39, 0.29) is 16.2 Å². The molecule has 0 aromatic heterocycles. The average Bonchev–Trinajstić information content (AvgIpc) is 3.28. The predicted octanol–water partition coefficient (Wildman–Crippen LogP) is 4.89. The van der Waals surface area contributed by atoms with Crippen LogP contribution in [-0.4, -0.2) is 33.4 Å². The molecular weight excluding hydrogens is 476 g/mol. The Morgan fingerprint density at radius 1 is 0.917 bits per heavy atom. The molecule has 1 heterocycles. The van der Waals surface area contributed by atoms with Crippen LogP contribution in [0.1, 0.15) is 43.0 Å². The Labute approximate surface area is 213 Å². The smallest absolute Gasteiger partial charge is 0.262 e. The Kier molecular flexibility index (Phi) is 7.00. The molecule has 0 atom stereocenters. The number of fused-ring (bicyclic) bond motifs is 1. The monoisotopic (exact) mass is 508 g/mol. The lowest BCUT2D eigenvalue weighted by atomic mass is 9.86. The zero-order valence-electron chi connectivity index (χ0n) is 21.3. The molecule has 3 aromatic rings. The number of methoxy groups -OCH3 is 2. The zero-order valence-corrected chi connectivity index (χ0v) is 22.1. The van der Waals surface area contributed by atoms with Crippen LogP contribution in [0.4, 0.5) is 5.69 Å². The molecule has 190 valence electrons. The van der Waals surface area contributed by atoms with Crippen molar-refractivity contribution in [2.24, 2.45) is 0 Å². The standard InChI is InChI=1S/C28H32N2O5S/c1-28(2,3)22-9-6-19(7-10-22)14-27(31)30-17-20-8-12-24(15-21(20)18-30)36(32,33)29-25-13-11-23(34-4)16-26(25)35-5/h6-13,15-16,29H,14,17-18H2,1-5H3. The van der Waals surface area contributed by atoms with Gasteiger partial charge in [-0.3, -0.25) is 9.52 Å². The minimum Gasteiger partial charge on any atom is -0.497 e. The number of nitrogens with zero attached hydrogens (tertiary/aromatic N) is 1. The van der Waals surface area contributed by atoms with Crippen molar-refractivity contribution in [3.8, 4) is 11.5 Å². The summed E-state index contributed by atoms with van der Waals surface area (Å²) in [5.74, 6) is 0.925. The van der Waals surface area contributed by atoms with Gasteiger partial charge in [0.25, 0.3) is 10.0 Å². The van der Waals surface area contributed by atoms with Gasteiger partial charge in [0.1, 0.15) is 11.5 Å². The van der Waals surface area contributed by atoms with Crippen LogP contribution in [0.25, 0.3) is 0 Å². The van der Waals surface area contributed by atoms with Gasteiger partial charge in [-0.25, -0.2) is 8.42 Å². The average molecular weight is 509 g/mol. The number of sulfonamides is 1. The molecule has 0 bridgehead atoms. The second kappa shape index (κ2) is 9.85. The lowest BCUT2D eigenvalue weighted by molar-refractivity contribution is -0.131. The number of rotatable bonds is 7. The Balaban J connectivity index is 1.46. The van der Waals surface area contributed by atoms with E-state index in [4.69, 9.17) is 9.47 Å². The topological polar surface area (TPSA) is 84.9 Å². The lowest BCUT2D eigenvalue weighted by Gasteiger charge is -2.19. The van der Waals surface area contributed by atoms with Crippen molar-refractivity contribution < 1.29 is 22.7 Å². The molecule has 4 rings (SSSR count). The fourth-order valence-electron chi connectivity index (χ4n) is 4.21. The third-order valence-corrected chi connectivity index (χ3v) is 7.75. The van der Waals surface area contributed by atoms with Crippen molar-refractivity contribution in [3.05, 3.63) is 82.9 Å². The summed E-state index contributed by atoms with van der Waals surface area (Å²) in [5.41, 5.74) is 4.34. The van der Waals surface area contributed by atoms with Gasteiger partial charge in [0, 0.05) is 19.2 Å². The largest absolute Gasteiger partial charge is 0.497 e. The molecular formula is C28H32N2O5S. The van der Waals surface area contributed by atoms with E-state index in [1.165, 1.54) is 19.8 Å². The minimum absolute atomic E-state index is 0.0141. The summed E-state index contributed by atoms with van der Waals surface area (Å²) in [7, 11) is -0.871. The lowest BCUT2D eigenvalue weighted by Crippen LogP contribution is -2.26. The molecule has 1 N–H and O–H groups in total. The van der Waals surface area contributed by atoms with E-state index >= 15 is 0 Å². The maximum absolute atomic E-state index is 13.1. The van der Waals surface area contributed by atoms with Gasteiger partial charge in [0.15, 0.2) is 0 Å². The normalized spacial score (nSPS) is 13.3. The van der Waals surface area contributed by atoms with E-state index in [0.29, 0.717) is 36.7 Å². The number of amides is 1. The molecule has 0 unspecified atom stereocenters. The number of nitrogens with one attached hydrogen (secondary N) is 1. The molecule has 0 saturated carbocycles. The van der Waals surface area contributed by atoms with E-state index in [9.17, 15) is 13.2 Å². The van der Waals surface area contributed by atoms with E-state index < -0.39 is 10.0 Å². The number of benzene rings is 3. The van der Waals surface area contributed by atoms with Gasteiger partial charge in [0.2, 0.25) is 5.91 Å². The zero-order chi connectivity index (χ0) is 26.1. The van der Waals surface area contributed by atoms with Crippen molar-refractivity contribution >= 4 is 21.6 Å². The van der Waals surface area contributed by atoms with Gasteiger partial charge in [-0.2, -0.15) is 0 Å². The van der Waals surface area contributed by atoms with Gasteiger partial charge in [-0.05, 0) is 51.9 Å². The van der Waals surface area contributed by atoms with Crippen molar-refractivity contribution in [3.63, 3.8) is 0 Å². The van der Waals surface area contributed by atoms with Gasteiger partial charge in [0.05, 0.1) is 31.2 Å². The molecule has 7 nitrogen and oxygen atoms in total. The first kappa shape index (κ1) is 25.6. The quantitative estimate of drug-likeness (QED) is 0.491. The first-order valence-corrected chi connectivity index (χ1v) is 13.2. The summed E-state index contributed by atoms with van der Waals surface area (Å²) in [6.45, 7) is 7.32. The van der Waals surface area contributed by atoms with Crippen LogP contribution >= 0.6 is 0 Å². The minimum atomic E-state index is -3.86. The second-order valence-corrected chi connectivity index (χ2v) is 11.7. The summed E-state index contributed by atoms with van der Waals surface area (Å²) < 4.78 is 39.3. The van der Waals surface area contributed by atoms with Gasteiger partial charge < -0.3 is 14.4 Å².